The Labute approximate surface area is 153 Å². The summed E-state index contributed by atoms with van der Waals surface area (Å²) < 4.78 is 2.63. The molecule has 1 aromatic carbocycles. The van der Waals surface area contributed by atoms with E-state index in [-0.39, 0.29) is 11.6 Å². The van der Waals surface area contributed by atoms with Crippen LogP contribution in [-0.2, 0) is 6.54 Å². The summed E-state index contributed by atoms with van der Waals surface area (Å²) in [6.45, 7) is 4.52. The van der Waals surface area contributed by atoms with Crippen LogP contribution in [0, 0.1) is 6.92 Å². The predicted octanol–water partition coefficient (Wildman–Crippen LogP) is 5.15. The zero-order chi connectivity index (χ0) is 18.0. The van der Waals surface area contributed by atoms with Crippen molar-refractivity contribution in [2.75, 3.05) is 0 Å². The number of carbonyl (C=O) groups excluding carboxylic acids is 1. The summed E-state index contributed by atoms with van der Waals surface area (Å²) in [5.74, 6) is -0.494. The van der Waals surface area contributed by atoms with E-state index in [1.165, 1.54) is 6.20 Å². The third kappa shape index (κ3) is 3.46. The Hall–Kier alpha value is -2.54. The number of pyridine rings is 1. The molecule has 0 aliphatic rings. The predicted molar refractivity (Wildman–Crippen MR) is 99.4 cm³/mol. The Morgan fingerprint density at radius 3 is 2.80 bits per heavy atom. The normalized spacial score (nSPS) is 11.5. The smallest absolute Gasteiger partial charge is 0.296 e. The van der Waals surface area contributed by atoms with Crippen molar-refractivity contribution in [3.8, 4) is 5.88 Å². The number of hydrogen-bond donors (Lipinski definition) is 1. The molecule has 0 fully saturated rings. The first-order chi connectivity index (χ1) is 12.0. The molecule has 3 rings (SSSR count). The van der Waals surface area contributed by atoms with E-state index in [9.17, 15) is 9.90 Å². The highest BCUT2D eigenvalue weighted by Gasteiger charge is 2.17. The number of halogens is 1. The van der Waals surface area contributed by atoms with E-state index in [4.69, 9.17) is 0 Å². The minimum absolute atomic E-state index is 0.00790. The standard InChI is InChI=1S/C18H17BrN4O2/c1-3-8-23-15-7-6-13(19)9-14(15)16(18(23)25)21-22-17(24)12-5-4-11(2)20-10-12/h4-7,9-10,25H,3,8H2,1-2H3. The molecule has 25 heavy (non-hydrogen) atoms. The summed E-state index contributed by atoms with van der Waals surface area (Å²) in [6.07, 6.45) is 2.32. The Bertz CT molecular complexity index is 961. The number of benzene rings is 1. The van der Waals surface area contributed by atoms with Gasteiger partial charge in [-0.2, -0.15) is 0 Å². The lowest BCUT2D eigenvalue weighted by atomic mass is 10.2. The van der Waals surface area contributed by atoms with Gasteiger partial charge in [-0.15, -0.1) is 10.2 Å². The molecule has 1 amide bonds. The lowest BCUT2D eigenvalue weighted by Crippen LogP contribution is -1.95. The molecule has 0 spiro atoms. The van der Waals surface area contributed by atoms with E-state index in [0.29, 0.717) is 12.1 Å². The van der Waals surface area contributed by atoms with Crippen LogP contribution in [0.1, 0.15) is 29.4 Å². The van der Waals surface area contributed by atoms with Gasteiger partial charge in [-0.05, 0) is 43.7 Å². The van der Waals surface area contributed by atoms with Crippen molar-refractivity contribution in [1.29, 1.82) is 0 Å². The van der Waals surface area contributed by atoms with E-state index in [0.717, 1.165) is 27.5 Å². The third-order valence-corrected chi connectivity index (χ3v) is 4.31. The molecule has 6 nitrogen and oxygen atoms in total. The minimum Gasteiger partial charge on any atom is -0.493 e. The average molecular weight is 401 g/mol. The second kappa shape index (κ2) is 7.14. The molecular formula is C18H17BrN4O2. The Morgan fingerprint density at radius 1 is 1.32 bits per heavy atom. The van der Waals surface area contributed by atoms with Crippen molar-refractivity contribution >= 4 is 38.4 Å². The van der Waals surface area contributed by atoms with E-state index < -0.39 is 5.91 Å². The summed E-state index contributed by atoms with van der Waals surface area (Å²) in [6, 6.07) is 9.05. The van der Waals surface area contributed by atoms with Crippen LogP contribution in [-0.4, -0.2) is 20.6 Å². The lowest BCUT2D eigenvalue weighted by Gasteiger charge is -2.03. The van der Waals surface area contributed by atoms with Gasteiger partial charge in [0.2, 0.25) is 5.88 Å². The van der Waals surface area contributed by atoms with Crippen LogP contribution in [0.4, 0.5) is 5.69 Å². The molecule has 0 aliphatic heterocycles. The highest BCUT2D eigenvalue weighted by molar-refractivity contribution is 9.10. The molecule has 0 saturated heterocycles. The Balaban J connectivity index is 2.03. The fourth-order valence-electron chi connectivity index (χ4n) is 2.59. The number of carbonyl (C=O) groups is 1. The fraction of sp³-hybridized carbons (Fsp3) is 0.222. The number of rotatable bonds is 4. The first-order valence-corrected chi connectivity index (χ1v) is 8.70. The van der Waals surface area contributed by atoms with Gasteiger partial charge < -0.3 is 9.67 Å². The molecule has 0 atom stereocenters. The van der Waals surface area contributed by atoms with Crippen molar-refractivity contribution in [3.63, 3.8) is 0 Å². The topological polar surface area (TPSA) is 79.8 Å². The van der Waals surface area contributed by atoms with Crippen molar-refractivity contribution in [3.05, 3.63) is 52.3 Å². The molecule has 0 radical (unpaired) electrons. The zero-order valence-electron chi connectivity index (χ0n) is 13.9. The van der Waals surface area contributed by atoms with Gasteiger partial charge in [0.15, 0.2) is 5.69 Å². The maximum absolute atomic E-state index is 12.2. The fourth-order valence-corrected chi connectivity index (χ4v) is 2.95. The minimum atomic E-state index is -0.502. The van der Waals surface area contributed by atoms with Gasteiger partial charge in [-0.1, -0.05) is 22.9 Å². The largest absolute Gasteiger partial charge is 0.493 e. The number of aromatic nitrogens is 2. The number of azo groups is 1. The summed E-state index contributed by atoms with van der Waals surface area (Å²) >= 11 is 3.42. The van der Waals surface area contributed by atoms with Crippen LogP contribution in [0.15, 0.2) is 51.2 Å². The molecule has 1 N–H and O–H groups in total. The van der Waals surface area contributed by atoms with Crippen LogP contribution in [0.25, 0.3) is 10.9 Å². The number of nitrogens with zero attached hydrogens (tertiary/aromatic N) is 4. The van der Waals surface area contributed by atoms with Crippen molar-refractivity contribution in [2.45, 2.75) is 26.8 Å². The molecule has 128 valence electrons. The third-order valence-electron chi connectivity index (χ3n) is 3.82. The molecule has 2 aromatic heterocycles. The number of fused-ring (bicyclic) bond motifs is 1. The molecule has 3 aromatic rings. The van der Waals surface area contributed by atoms with Crippen LogP contribution in [0.5, 0.6) is 5.88 Å². The van der Waals surface area contributed by atoms with Crippen LogP contribution < -0.4 is 0 Å². The van der Waals surface area contributed by atoms with Crippen molar-refractivity contribution in [2.24, 2.45) is 10.2 Å². The second-order valence-electron chi connectivity index (χ2n) is 5.68. The maximum atomic E-state index is 12.2. The molecule has 2 heterocycles. The second-order valence-corrected chi connectivity index (χ2v) is 6.59. The molecule has 7 heteroatoms. The number of amides is 1. The molecule has 0 saturated carbocycles. The highest BCUT2D eigenvalue weighted by atomic mass is 79.9. The quantitative estimate of drug-likeness (QED) is 0.615. The average Bonchev–Trinajstić information content (AvgIpc) is 2.85. The summed E-state index contributed by atoms with van der Waals surface area (Å²) in [4.78, 5) is 16.3. The lowest BCUT2D eigenvalue weighted by molar-refractivity contribution is 0.0994. The van der Waals surface area contributed by atoms with E-state index in [2.05, 4.69) is 31.1 Å². The van der Waals surface area contributed by atoms with Gasteiger partial charge >= 0.3 is 0 Å². The van der Waals surface area contributed by atoms with Crippen molar-refractivity contribution < 1.29 is 9.90 Å². The van der Waals surface area contributed by atoms with Crippen LogP contribution >= 0.6 is 15.9 Å². The summed E-state index contributed by atoms with van der Waals surface area (Å²) in [7, 11) is 0. The van der Waals surface area contributed by atoms with Crippen LogP contribution in [0.3, 0.4) is 0 Å². The van der Waals surface area contributed by atoms with Gasteiger partial charge in [0.05, 0.1) is 11.1 Å². The molecule has 0 unspecified atom stereocenters. The van der Waals surface area contributed by atoms with Gasteiger partial charge in [-0.3, -0.25) is 9.78 Å². The summed E-state index contributed by atoms with van der Waals surface area (Å²) in [5, 5.41) is 19.1. The van der Waals surface area contributed by atoms with E-state index in [1.807, 2.05) is 32.0 Å². The molecule has 0 aliphatic carbocycles. The Kier molecular flexibility index (Phi) is 4.94. The van der Waals surface area contributed by atoms with E-state index >= 15 is 0 Å². The summed E-state index contributed by atoms with van der Waals surface area (Å²) in [5.41, 5.74) is 2.31. The van der Waals surface area contributed by atoms with E-state index in [1.54, 1.807) is 16.7 Å². The molecular weight excluding hydrogens is 384 g/mol. The van der Waals surface area contributed by atoms with Gasteiger partial charge in [0, 0.05) is 28.3 Å². The highest BCUT2D eigenvalue weighted by Crippen LogP contribution is 2.40. The van der Waals surface area contributed by atoms with Crippen LogP contribution in [0.2, 0.25) is 0 Å². The maximum Gasteiger partial charge on any atom is 0.296 e. The number of aryl methyl sites for hydroxylation is 2. The Morgan fingerprint density at radius 2 is 2.12 bits per heavy atom. The SMILES string of the molecule is CCCn1c(O)c(N=NC(=O)c2ccc(C)nc2)c2cc(Br)ccc21. The van der Waals surface area contributed by atoms with Gasteiger partial charge in [0.1, 0.15) is 0 Å². The monoisotopic (exact) mass is 400 g/mol. The van der Waals surface area contributed by atoms with Gasteiger partial charge in [-0.25, -0.2) is 0 Å². The van der Waals surface area contributed by atoms with Crippen molar-refractivity contribution in [1.82, 2.24) is 9.55 Å². The first kappa shape index (κ1) is 17.3. The first-order valence-electron chi connectivity index (χ1n) is 7.90. The van der Waals surface area contributed by atoms with Gasteiger partial charge in [0.25, 0.3) is 5.91 Å². The number of aromatic hydroxyl groups is 1. The molecule has 0 bridgehead atoms. The number of hydrogen-bond acceptors (Lipinski definition) is 4. The zero-order valence-corrected chi connectivity index (χ0v) is 15.5.